The molecule has 4 aliphatic rings. The van der Waals surface area contributed by atoms with Crippen molar-refractivity contribution in [2.75, 3.05) is 0 Å². The molecule has 0 fully saturated rings. The largest absolute Gasteiger partial charge is 0.584 e. The summed E-state index contributed by atoms with van der Waals surface area (Å²) in [5.41, 5.74) is 4.04. The predicted molar refractivity (Wildman–Crippen MR) is 144 cm³/mol. The second-order valence-corrected chi connectivity index (χ2v) is 12.8. The highest BCUT2D eigenvalue weighted by atomic mass is 32.2. The van der Waals surface area contributed by atoms with Gasteiger partial charge in [-0.2, -0.15) is 0 Å². The number of fused-ring (bicyclic) bond motifs is 2. The fourth-order valence-corrected chi connectivity index (χ4v) is 8.31. The Morgan fingerprint density at radius 2 is 1.09 bits per heavy atom. The van der Waals surface area contributed by atoms with E-state index in [-0.39, 0.29) is 0 Å². The van der Waals surface area contributed by atoms with Crippen molar-refractivity contribution in [1.29, 1.82) is 0 Å². The van der Waals surface area contributed by atoms with Crippen molar-refractivity contribution in [3.05, 3.63) is 92.8 Å². The lowest BCUT2D eigenvalue weighted by atomic mass is 9.98. The van der Waals surface area contributed by atoms with Crippen LogP contribution in [0.5, 0.6) is 0 Å². The van der Waals surface area contributed by atoms with Crippen LogP contribution in [0.15, 0.2) is 91.4 Å². The van der Waals surface area contributed by atoms with Crippen molar-refractivity contribution in [2.24, 2.45) is 0 Å². The lowest BCUT2D eigenvalue weighted by molar-refractivity contribution is 0.263. The van der Waals surface area contributed by atoms with Gasteiger partial charge in [0, 0.05) is 20.9 Å². The van der Waals surface area contributed by atoms with E-state index in [1.807, 2.05) is 60.7 Å². The molecule has 0 atom stereocenters. The zero-order valence-corrected chi connectivity index (χ0v) is 21.9. The van der Waals surface area contributed by atoms with E-state index >= 15 is 0 Å². The van der Waals surface area contributed by atoms with Crippen LogP contribution in [0.1, 0.15) is 62.5 Å². The zero-order chi connectivity index (χ0) is 23.8. The Labute approximate surface area is 214 Å². The highest BCUT2D eigenvalue weighted by Gasteiger charge is 2.33. The third-order valence-electron chi connectivity index (χ3n) is 6.73. The van der Waals surface area contributed by atoms with Crippen LogP contribution in [0.4, 0.5) is 0 Å². The van der Waals surface area contributed by atoms with Crippen molar-refractivity contribution < 1.29 is 18.5 Å². The van der Waals surface area contributed by atoms with E-state index in [4.69, 9.17) is 9.05 Å². The summed E-state index contributed by atoms with van der Waals surface area (Å²) < 4.78 is 25.2. The van der Waals surface area contributed by atoms with Gasteiger partial charge in [-0.15, -0.1) is 0 Å². The summed E-state index contributed by atoms with van der Waals surface area (Å²) >= 11 is 3.50. The van der Waals surface area contributed by atoms with Crippen LogP contribution < -0.4 is 0 Å². The summed E-state index contributed by atoms with van der Waals surface area (Å²) in [6, 6.07) is 15.8. The number of phosphoric acid groups is 1. The molecule has 1 N–H and O–H groups in total. The molecule has 2 aliphatic carbocycles. The molecule has 0 bridgehead atoms. The number of rotatable bonds is 4. The molecule has 0 saturated heterocycles. The highest BCUT2D eigenvalue weighted by Crippen LogP contribution is 2.56. The maximum absolute atomic E-state index is 13.5. The minimum Gasteiger partial charge on any atom is -0.395 e. The molecule has 0 amide bonds. The van der Waals surface area contributed by atoms with Crippen molar-refractivity contribution in [2.45, 2.75) is 61.2 Å². The van der Waals surface area contributed by atoms with Gasteiger partial charge in [-0.1, -0.05) is 59.9 Å². The van der Waals surface area contributed by atoms with Gasteiger partial charge < -0.3 is 9.05 Å². The molecule has 6 rings (SSSR count). The summed E-state index contributed by atoms with van der Waals surface area (Å²) in [5, 5.41) is 0. The summed E-state index contributed by atoms with van der Waals surface area (Å²) in [4.78, 5) is 15.8. The quantitative estimate of drug-likeness (QED) is 0.404. The zero-order valence-electron chi connectivity index (χ0n) is 19.4. The average Bonchev–Trinajstić information content (AvgIpc) is 3.11. The first kappa shape index (κ1) is 23.3. The lowest BCUT2D eigenvalue weighted by Gasteiger charge is -2.19. The van der Waals surface area contributed by atoms with Crippen LogP contribution >= 0.6 is 31.3 Å². The van der Waals surface area contributed by atoms with Gasteiger partial charge in [-0.3, -0.25) is 4.89 Å². The van der Waals surface area contributed by atoms with Crippen LogP contribution in [0.2, 0.25) is 0 Å². The van der Waals surface area contributed by atoms with Gasteiger partial charge in [-0.25, -0.2) is 4.57 Å². The van der Waals surface area contributed by atoms with E-state index in [9.17, 15) is 9.46 Å². The molecule has 2 aromatic carbocycles. The standard InChI is InChI=1S/C28H27O4PS2/c29-33(30,31-23-17-19-9-1-5-13-25(19)34-27-15-7-3-11-21(23)27)32-24-18-20-10-2-6-14-26(20)35-28-16-8-4-12-22(24)28/h3-4,7-8,11-12,15-18H,1-2,5-6,9-10,13-14H2,(H,29,30). The maximum Gasteiger partial charge on any atom is 0.584 e. The van der Waals surface area contributed by atoms with Gasteiger partial charge in [0.05, 0.1) is 0 Å². The molecule has 0 aromatic heterocycles. The van der Waals surface area contributed by atoms with E-state index < -0.39 is 7.82 Å². The number of thioether (sulfide) groups is 2. The van der Waals surface area contributed by atoms with Crippen LogP contribution in [0, 0.1) is 0 Å². The molecule has 0 saturated carbocycles. The number of benzene rings is 2. The molecule has 2 heterocycles. The van der Waals surface area contributed by atoms with E-state index in [0.717, 1.165) is 59.4 Å². The molecule has 35 heavy (non-hydrogen) atoms. The number of hydrogen-bond donors (Lipinski definition) is 1. The Kier molecular flexibility index (Phi) is 6.48. The Morgan fingerprint density at radius 3 is 1.57 bits per heavy atom. The van der Waals surface area contributed by atoms with Crippen molar-refractivity contribution >= 4 is 42.9 Å². The second kappa shape index (κ2) is 9.74. The number of hydrogen-bond acceptors (Lipinski definition) is 5. The van der Waals surface area contributed by atoms with Gasteiger partial charge in [0.15, 0.2) is 0 Å². The van der Waals surface area contributed by atoms with Crippen LogP contribution in [-0.4, -0.2) is 4.89 Å². The van der Waals surface area contributed by atoms with E-state index in [2.05, 4.69) is 0 Å². The molecule has 2 aliphatic heterocycles. The van der Waals surface area contributed by atoms with Crippen LogP contribution in [0.3, 0.4) is 0 Å². The van der Waals surface area contributed by atoms with Gasteiger partial charge in [-0.05, 0) is 96.6 Å². The molecule has 4 nitrogen and oxygen atoms in total. The first-order valence-corrected chi connectivity index (χ1v) is 15.3. The summed E-state index contributed by atoms with van der Waals surface area (Å²) in [6.07, 6.45) is 12.4. The normalized spacial score (nSPS) is 19.8. The lowest BCUT2D eigenvalue weighted by Crippen LogP contribution is -1.99. The molecule has 0 spiro atoms. The Bertz CT molecular complexity index is 1250. The predicted octanol–water partition coefficient (Wildman–Crippen LogP) is 9.07. The summed E-state index contributed by atoms with van der Waals surface area (Å²) in [6.45, 7) is 0. The molecular formula is C28H27O4PS2. The SMILES string of the molecule is O=P(O)(OC1=CC2=C(CCCC2)Sc2ccccc21)OC1=CC2=C(CCCC2)Sc2ccccc21. The van der Waals surface area contributed by atoms with Crippen molar-refractivity contribution in [3.8, 4) is 0 Å². The molecule has 180 valence electrons. The molecule has 2 aromatic rings. The van der Waals surface area contributed by atoms with E-state index in [1.54, 1.807) is 23.5 Å². The van der Waals surface area contributed by atoms with Gasteiger partial charge in [0.2, 0.25) is 0 Å². The van der Waals surface area contributed by atoms with E-state index in [0.29, 0.717) is 11.5 Å². The highest BCUT2D eigenvalue weighted by molar-refractivity contribution is 8.03. The first-order valence-electron chi connectivity index (χ1n) is 12.2. The van der Waals surface area contributed by atoms with Gasteiger partial charge in [0.1, 0.15) is 11.5 Å². The molecular weight excluding hydrogens is 495 g/mol. The average molecular weight is 523 g/mol. The van der Waals surface area contributed by atoms with E-state index in [1.165, 1.54) is 33.8 Å². The monoisotopic (exact) mass is 522 g/mol. The Morgan fingerprint density at radius 1 is 0.657 bits per heavy atom. The maximum atomic E-state index is 13.5. The summed E-state index contributed by atoms with van der Waals surface area (Å²) in [7, 11) is -4.47. The first-order chi connectivity index (χ1) is 17.1. The molecule has 0 radical (unpaired) electrons. The number of phosphoric ester groups is 1. The fourth-order valence-electron chi connectivity index (χ4n) is 5.01. The fraction of sp³-hybridized carbons (Fsp3) is 0.286. The van der Waals surface area contributed by atoms with Crippen molar-refractivity contribution in [1.82, 2.24) is 0 Å². The topological polar surface area (TPSA) is 55.8 Å². The third kappa shape index (κ3) is 4.95. The third-order valence-corrected chi connectivity index (χ3v) is 10.2. The van der Waals surface area contributed by atoms with Crippen molar-refractivity contribution in [3.63, 3.8) is 0 Å². The minimum absolute atomic E-state index is 0.403. The molecule has 7 heteroatoms. The smallest absolute Gasteiger partial charge is 0.395 e. The summed E-state index contributed by atoms with van der Waals surface area (Å²) in [5.74, 6) is 0.806. The van der Waals surface area contributed by atoms with Gasteiger partial charge >= 0.3 is 7.82 Å². The minimum atomic E-state index is -4.47. The second-order valence-electron chi connectivity index (χ2n) is 9.18. The van der Waals surface area contributed by atoms with Crippen LogP contribution in [-0.2, 0) is 13.6 Å². The number of allylic oxidation sites excluding steroid dienone is 6. The Balaban J connectivity index is 1.36. The van der Waals surface area contributed by atoms with Crippen LogP contribution in [0.25, 0.3) is 11.5 Å². The van der Waals surface area contributed by atoms with Gasteiger partial charge in [0.25, 0.3) is 0 Å². The Hall–Kier alpha value is -2.11. The molecule has 0 unspecified atom stereocenters.